The first-order valence-electron chi connectivity index (χ1n) is 11.6. The fourth-order valence-corrected chi connectivity index (χ4v) is 3.81. The Kier molecular flexibility index (Phi) is 7.84. The summed E-state index contributed by atoms with van der Waals surface area (Å²) in [6, 6.07) is 21.4. The second kappa shape index (κ2) is 11.4. The van der Waals surface area contributed by atoms with Gasteiger partial charge in [-0.05, 0) is 67.6 Å². The molecule has 182 valence electrons. The quantitative estimate of drug-likeness (QED) is 0.453. The van der Waals surface area contributed by atoms with Gasteiger partial charge in [0.05, 0.1) is 25.9 Å². The van der Waals surface area contributed by atoms with Gasteiger partial charge < -0.3 is 30.3 Å². The number of hydrogen-bond acceptors (Lipinski definition) is 6. The Morgan fingerprint density at radius 1 is 0.886 bits per heavy atom. The van der Waals surface area contributed by atoms with Crippen LogP contribution in [0.1, 0.15) is 17.3 Å². The van der Waals surface area contributed by atoms with E-state index in [1.165, 1.54) is 0 Å². The van der Waals surface area contributed by atoms with Crippen LogP contribution in [0.3, 0.4) is 0 Å². The van der Waals surface area contributed by atoms with E-state index in [1.54, 1.807) is 56.5 Å². The van der Waals surface area contributed by atoms with Crippen LogP contribution < -0.4 is 25.6 Å². The summed E-state index contributed by atoms with van der Waals surface area (Å²) < 4.78 is 10.6. The highest BCUT2D eigenvalue weighted by atomic mass is 16.5. The molecule has 8 heteroatoms. The molecular formula is C27H30N4O4. The van der Waals surface area contributed by atoms with Gasteiger partial charge in [-0.3, -0.25) is 9.59 Å². The van der Waals surface area contributed by atoms with Gasteiger partial charge in [0, 0.05) is 35.8 Å². The van der Waals surface area contributed by atoms with Gasteiger partial charge in [-0.2, -0.15) is 0 Å². The van der Waals surface area contributed by atoms with Crippen LogP contribution in [0.25, 0.3) is 0 Å². The van der Waals surface area contributed by atoms with E-state index < -0.39 is 6.04 Å². The van der Waals surface area contributed by atoms with Gasteiger partial charge in [-0.25, -0.2) is 0 Å². The maximum absolute atomic E-state index is 12.9. The minimum absolute atomic E-state index is 0.200. The van der Waals surface area contributed by atoms with Gasteiger partial charge in [0.25, 0.3) is 5.91 Å². The molecule has 1 heterocycles. The smallest absolute Gasteiger partial charge is 0.257 e. The number of hydrogen-bond donors (Lipinski definition) is 3. The lowest BCUT2D eigenvalue weighted by Gasteiger charge is -2.29. The Bertz CT molecular complexity index is 1140. The van der Waals surface area contributed by atoms with Crippen molar-refractivity contribution in [2.24, 2.45) is 0 Å². The minimum atomic E-state index is -0.566. The number of amides is 2. The Morgan fingerprint density at radius 2 is 1.51 bits per heavy atom. The van der Waals surface area contributed by atoms with Crippen LogP contribution in [0.2, 0.25) is 0 Å². The van der Waals surface area contributed by atoms with Crippen molar-refractivity contribution in [3.05, 3.63) is 78.4 Å². The predicted molar refractivity (Wildman–Crippen MR) is 139 cm³/mol. The van der Waals surface area contributed by atoms with E-state index >= 15 is 0 Å². The first kappa shape index (κ1) is 24.1. The van der Waals surface area contributed by atoms with E-state index in [4.69, 9.17) is 9.47 Å². The molecule has 0 saturated carbocycles. The van der Waals surface area contributed by atoms with Crippen molar-refractivity contribution in [2.75, 3.05) is 54.3 Å². The molecule has 3 aromatic rings. The second-order valence-electron chi connectivity index (χ2n) is 8.23. The first-order valence-corrected chi connectivity index (χ1v) is 11.6. The summed E-state index contributed by atoms with van der Waals surface area (Å²) >= 11 is 0. The molecule has 4 rings (SSSR count). The van der Waals surface area contributed by atoms with Crippen LogP contribution in [0.4, 0.5) is 22.7 Å². The van der Waals surface area contributed by atoms with Gasteiger partial charge >= 0.3 is 0 Å². The topological polar surface area (TPSA) is 91.9 Å². The van der Waals surface area contributed by atoms with Crippen molar-refractivity contribution >= 4 is 34.6 Å². The average Bonchev–Trinajstić information content (AvgIpc) is 2.90. The number of ether oxygens (including phenoxy) is 2. The SMILES string of the molecule is COc1ccc(NC(=O)c2ccccc2N[C@H](C)C(=O)Nc2ccc(N3CCOCC3)cc2)cc1. The van der Waals surface area contributed by atoms with Crippen molar-refractivity contribution < 1.29 is 19.1 Å². The van der Waals surface area contributed by atoms with Gasteiger partial charge in [0.2, 0.25) is 5.91 Å². The van der Waals surface area contributed by atoms with E-state index in [0.29, 0.717) is 28.4 Å². The third-order valence-corrected chi connectivity index (χ3v) is 5.80. The Morgan fingerprint density at radius 3 is 2.20 bits per heavy atom. The third kappa shape index (κ3) is 6.30. The average molecular weight is 475 g/mol. The van der Waals surface area contributed by atoms with Gasteiger partial charge in [0.15, 0.2) is 0 Å². The van der Waals surface area contributed by atoms with Gasteiger partial charge in [0.1, 0.15) is 11.8 Å². The third-order valence-electron chi connectivity index (χ3n) is 5.80. The number of nitrogens with one attached hydrogen (secondary N) is 3. The van der Waals surface area contributed by atoms with Crippen LogP contribution in [0, 0.1) is 0 Å². The van der Waals surface area contributed by atoms with Crippen molar-refractivity contribution in [2.45, 2.75) is 13.0 Å². The zero-order valence-electron chi connectivity index (χ0n) is 19.9. The number of rotatable bonds is 8. The standard InChI is InChI=1S/C27H30N4O4/c1-19(26(32)29-20-7-11-22(12-8-20)31-15-17-35-18-16-31)28-25-6-4-3-5-24(25)27(33)30-21-9-13-23(34-2)14-10-21/h3-14,19,28H,15-18H2,1-2H3,(H,29,32)(H,30,33)/t19-/m1/s1. The lowest BCUT2D eigenvalue weighted by atomic mass is 10.1. The van der Waals surface area contributed by atoms with Crippen LogP contribution in [-0.4, -0.2) is 51.3 Å². The van der Waals surface area contributed by atoms with E-state index in [0.717, 1.165) is 32.0 Å². The van der Waals surface area contributed by atoms with Crippen LogP contribution in [0.5, 0.6) is 5.75 Å². The highest BCUT2D eigenvalue weighted by Gasteiger charge is 2.18. The monoisotopic (exact) mass is 474 g/mol. The molecule has 1 aliphatic rings. The Balaban J connectivity index is 1.37. The summed E-state index contributed by atoms with van der Waals surface area (Å²) in [6.45, 7) is 4.92. The molecule has 2 amide bonds. The summed E-state index contributed by atoms with van der Waals surface area (Å²) in [5, 5.41) is 8.98. The van der Waals surface area contributed by atoms with E-state index in [2.05, 4.69) is 20.9 Å². The molecule has 3 aromatic carbocycles. The Labute approximate surface area is 205 Å². The maximum Gasteiger partial charge on any atom is 0.257 e. The molecular weight excluding hydrogens is 444 g/mol. The normalized spacial score (nSPS) is 14.1. The molecule has 3 N–H and O–H groups in total. The second-order valence-corrected chi connectivity index (χ2v) is 8.23. The molecule has 0 bridgehead atoms. The molecule has 1 saturated heterocycles. The number of carbonyl (C=O) groups excluding carboxylic acids is 2. The first-order chi connectivity index (χ1) is 17.0. The minimum Gasteiger partial charge on any atom is -0.497 e. The summed E-state index contributed by atoms with van der Waals surface area (Å²) in [5.41, 5.74) is 3.49. The van der Waals surface area contributed by atoms with Crippen molar-refractivity contribution in [3.8, 4) is 5.75 Å². The van der Waals surface area contributed by atoms with Crippen molar-refractivity contribution in [3.63, 3.8) is 0 Å². The lowest BCUT2D eigenvalue weighted by molar-refractivity contribution is -0.116. The molecule has 35 heavy (non-hydrogen) atoms. The van der Waals surface area contributed by atoms with Gasteiger partial charge in [-0.15, -0.1) is 0 Å². The molecule has 0 aliphatic carbocycles. The summed E-state index contributed by atoms with van der Waals surface area (Å²) in [4.78, 5) is 28.0. The number of nitrogens with zero attached hydrogens (tertiary/aromatic N) is 1. The maximum atomic E-state index is 12.9. The van der Waals surface area contributed by atoms with Gasteiger partial charge in [-0.1, -0.05) is 12.1 Å². The van der Waals surface area contributed by atoms with Crippen LogP contribution >= 0.6 is 0 Å². The summed E-state index contributed by atoms with van der Waals surface area (Å²) in [6.07, 6.45) is 0. The molecule has 1 aliphatic heterocycles. The molecule has 1 atom stereocenters. The van der Waals surface area contributed by atoms with E-state index in [9.17, 15) is 9.59 Å². The number of morpholine rings is 1. The molecule has 0 unspecified atom stereocenters. The number of anilines is 4. The highest BCUT2D eigenvalue weighted by Crippen LogP contribution is 2.22. The fourth-order valence-electron chi connectivity index (χ4n) is 3.81. The lowest BCUT2D eigenvalue weighted by Crippen LogP contribution is -2.36. The highest BCUT2D eigenvalue weighted by molar-refractivity contribution is 6.08. The number of benzene rings is 3. The van der Waals surface area contributed by atoms with Crippen molar-refractivity contribution in [1.82, 2.24) is 0 Å². The molecule has 0 radical (unpaired) electrons. The number of carbonyl (C=O) groups is 2. The Hall–Kier alpha value is -4.04. The largest absolute Gasteiger partial charge is 0.497 e. The zero-order chi connectivity index (χ0) is 24.6. The van der Waals surface area contributed by atoms with Crippen LogP contribution in [0.15, 0.2) is 72.8 Å². The summed E-state index contributed by atoms with van der Waals surface area (Å²) in [7, 11) is 1.59. The van der Waals surface area contributed by atoms with Crippen molar-refractivity contribution in [1.29, 1.82) is 0 Å². The number of methoxy groups -OCH3 is 1. The van der Waals surface area contributed by atoms with Crippen LogP contribution in [-0.2, 0) is 9.53 Å². The molecule has 8 nitrogen and oxygen atoms in total. The molecule has 1 fully saturated rings. The van der Waals surface area contributed by atoms with E-state index in [-0.39, 0.29) is 11.8 Å². The fraction of sp³-hybridized carbons (Fsp3) is 0.259. The van der Waals surface area contributed by atoms with E-state index in [1.807, 2.05) is 30.3 Å². The summed E-state index contributed by atoms with van der Waals surface area (Å²) in [5.74, 6) is 0.236. The zero-order valence-corrected chi connectivity index (χ0v) is 19.9. The molecule has 0 aromatic heterocycles. The molecule has 0 spiro atoms. The number of para-hydroxylation sites is 1. The predicted octanol–water partition coefficient (Wildman–Crippen LogP) is 4.22.